The van der Waals surface area contributed by atoms with Crippen molar-refractivity contribution in [2.45, 2.75) is 39.5 Å². The fourth-order valence-corrected chi connectivity index (χ4v) is 3.32. The summed E-state index contributed by atoms with van der Waals surface area (Å²) < 4.78 is 65.5. The third-order valence-electron chi connectivity index (χ3n) is 4.48. The minimum Gasteiger partial charge on any atom is -0.477 e. The van der Waals surface area contributed by atoms with Crippen molar-refractivity contribution in [3.05, 3.63) is 67.2 Å². The van der Waals surface area contributed by atoms with Crippen LogP contribution in [0.3, 0.4) is 0 Å². The van der Waals surface area contributed by atoms with Crippen LogP contribution in [0.15, 0.2) is 33.9 Å². The molecule has 0 N–H and O–H groups in total. The maximum atomic E-state index is 15.1. The molecule has 1 unspecified atom stereocenters. The second kappa shape index (κ2) is 9.82. The van der Waals surface area contributed by atoms with E-state index in [9.17, 15) is 27.6 Å². The van der Waals surface area contributed by atoms with Crippen LogP contribution in [0, 0.1) is 5.82 Å². The Kier molecular flexibility index (Phi) is 7.79. The standard InChI is InChI=1S/C21H21ClF4N2O5/c1-6-32-19(30)11(4)33-18-12(7-10(2)3)17(14(23)8-13(18)22)28-16(29)9-15(21(24,25)26)27(5)20(28)31/h8-9,11H,2,6-7H2,1,3-5H3. The second-order valence-corrected chi connectivity index (χ2v) is 7.59. The normalized spacial score (nSPS) is 12.4. The number of nitrogens with zero attached hydrogens (tertiary/aromatic N) is 2. The molecular weight excluding hydrogens is 472 g/mol. The molecule has 0 aliphatic rings. The summed E-state index contributed by atoms with van der Waals surface area (Å²) in [5, 5.41) is -0.291. The van der Waals surface area contributed by atoms with Crippen LogP contribution in [-0.4, -0.2) is 27.8 Å². The number of rotatable bonds is 7. The van der Waals surface area contributed by atoms with Gasteiger partial charge in [0.25, 0.3) is 5.56 Å². The summed E-state index contributed by atoms with van der Waals surface area (Å²) >= 11 is 6.13. The van der Waals surface area contributed by atoms with Gasteiger partial charge in [0.05, 0.1) is 17.3 Å². The fourth-order valence-electron chi connectivity index (χ4n) is 3.06. The molecule has 2 aromatic rings. The number of aromatic nitrogens is 2. The summed E-state index contributed by atoms with van der Waals surface area (Å²) in [4.78, 5) is 37.3. The van der Waals surface area contributed by atoms with Crippen LogP contribution in [-0.2, 0) is 29.2 Å². The zero-order chi connectivity index (χ0) is 25.2. The lowest BCUT2D eigenvalue weighted by Crippen LogP contribution is -2.41. The molecule has 1 aromatic heterocycles. The lowest BCUT2D eigenvalue weighted by Gasteiger charge is -2.22. The molecule has 1 heterocycles. The van der Waals surface area contributed by atoms with E-state index in [2.05, 4.69) is 6.58 Å². The van der Waals surface area contributed by atoms with E-state index < -0.39 is 46.7 Å². The van der Waals surface area contributed by atoms with Gasteiger partial charge in [-0.15, -0.1) is 0 Å². The van der Waals surface area contributed by atoms with Crippen molar-refractivity contribution >= 4 is 17.6 Å². The zero-order valence-electron chi connectivity index (χ0n) is 18.2. The Bertz CT molecular complexity index is 1220. The van der Waals surface area contributed by atoms with Gasteiger partial charge in [-0.3, -0.25) is 9.36 Å². The molecule has 0 spiro atoms. The molecule has 33 heavy (non-hydrogen) atoms. The Morgan fingerprint density at radius 1 is 1.27 bits per heavy atom. The molecule has 0 saturated heterocycles. The SMILES string of the molecule is C=C(C)Cc1c(OC(C)C(=O)OCC)c(Cl)cc(F)c1-n1c(=O)cc(C(F)(F)F)n(C)c1=O. The van der Waals surface area contributed by atoms with Crippen molar-refractivity contribution in [1.82, 2.24) is 9.13 Å². The van der Waals surface area contributed by atoms with Crippen molar-refractivity contribution in [2.24, 2.45) is 7.05 Å². The maximum Gasteiger partial charge on any atom is 0.431 e. The number of allylic oxidation sites excluding steroid dienone is 1. The van der Waals surface area contributed by atoms with Gasteiger partial charge in [-0.2, -0.15) is 13.2 Å². The predicted octanol–water partition coefficient (Wildman–Crippen LogP) is 3.80. The van der Waals surface area contributed by atoms with E-state index in [1.807, 2.05) is 0 Å². The molecule has 0 radical (unpaired) electrons. The molecule has 7 nitrogen and oxygen atoms in total. The van der Waals surface area contributed by atoms with Crippen LogP contribution >= 0.6 is 11.6 Å². The van der Waals surface area contributed by atoms with Crippen molar-refractivity contribution < 1.29 is 31.8 Å². The van der Waals surface area contributed by atoms with Crippen molar-refractivity contribution in [3.8, 4) is 11.4 Å². The van der Waals surface area contributed by atoms with Crippen LogP contribution in [0.5, 0.6) is 5.75 Å². The average molecular weight is 493 g/mol. The van der Waals surface area contributed by atoms with E-state index in [0.29, 0.717) is 5.57 Å². The van der Waals surface area contributed by atoms with Gasteiger partial charge in [0, 0.05) is 18.7 Å². The van der Waals surface area contributed by atoms with Gasteiger partial charge in [-0.1, -0.05) is 23.8 Å². The Morgan fingerprint density at radius 2 is 1.88 bits per heavy atom. The first-order chi connectivity index (χ1) is 15.2. The van der Waals surface area contributed by atoms with E-state index in [1.165, 1.54) is 6.92 Å². The number of ether oxygens (including phenoxy) is 2. The third-order valence-corrected chi connectivity index (χ3v) is 4.76. The van der Waals surface area contributed by atoms with Crippen molar-refractivity contribution in [3.63, 3.8) is 0 Å². The first-order valence-electron chi connectivity index (χ1n) is 9.59. The highest BCUT2D eigenvalue weighted by atomic mass is 35.5. The minimum absolute atomic E-state index is 0.0601. The number of hydrogen-bond donors (Lipinski definition) is 0. The van der Waals surface area contributed by atoms with Gasteiger partial charge in [-0.25, -0.2) is 18.5 Å². The van der Waals surface area contributed by atoms with Crippen LogP contribution in [0.2, 0.25) is 5.02 Å². The zero-order valence-corrected chi connectivity index (χ0v) is 18.9. The van der Waals surface area contributed by atoms with Gasteiger partial charge >= 0.3 is 17.8 Å². The minimum atomic E-state index is -4.99. The van der Waals surface area contributed by atoms with Gasteiger partial charge in [-0.05, 0) is 33.3 Å². The first kappa shape index (κ1) is 26.2. The molecule has 0 bridgehead atoms. The average Bonchev–Trinajstić information content (AvgIpc) is 2.68. The number of carbonyl (C=O) groups excluding carboxylic acids is 1. The molecule has 0 aliphatic carbocycles. The summed E-state index contributed by atoms with van der Waals surface area (Å²) in [6.45, 7) is 8.23. The van der Waals surface area contributed by atoms with Crippen LogP contribution in [0.4, 0.5) is 17.6 Å². The molecule has 0 amide bonds. The Hall–Kier alpha value is -3.08. The maximum absolute atomic E-state index is 15.1. The predicted molar refractivity (Wildman–Crippen MR) is 112 cm³/mol. The van der Waals surface area contributed by atoms with E-state index >= 15 is 4.39 Å². The highest BCUT2D eigenvalue weighted by Gasteiger charge is 2.36. The molecule has 180 valence electrons. The number of carbonyl (C=O) groups is 1. The molecular formula is C21H21ClF4N2O5. The first-order valence-corrected chi connectivity index (χ1v) is 9.97. The fraction of sp³-hybridized carbons (Fsp3) is 0.381. The van der Waals surface area contributed by atoms with Crippen LogP contribution < -0.4 is 16.0 Å². The highest BCUT2D eigenvalue weighted by Crippen LogP contribution is 2.37. The molecule has 0 fully saturated rings. The van der Waals surface area contributed by atoms with E-state index in [-0.39, 0.29) is 44.6 Å². The second-order valence-electron chi connectivity index (χ2n) is 7.19. The Labute approximate surface area is 190 Å². The monoisotopic (exact) mass is 492 g/mol. The molecule has 12 heteroatoms. The third kappa shape index (κ3) is 5.47. The smallest absolute Gasteiger partial charge is 0.431 e. The number of hydrogen-bond acceptors (Lipinski definition) is 5. The lowest BCUT2D eigenvalue weighted by molar-refractivity contribution is -0.150. The topological polar surface area (TPSA) is 79.5 Å². The van der Waals surface area contributed by atoms with Crippen molar-refractivity contribution in [2.75, 3.05) is 6.61 Å². The van der Waals surface area contributed by atoms with Gasteiger partial charge in [0.2, 0.25) is 0 Å². The summed E-state index contributed by atoms with van der Waals surface area (Å²) in [6.07, 6.45) is -6.38. The Balaban J connectivity index is 2.89. The van der Waals surface area contributed by atoms with Gasteiger partial charge in [0.1, 0.15) is 17.3 Å². The summed E-state index contributed by atoms with van der Waals surface area (Å²) in [6, 6.07) is 0.914. The molecule has 0 aliphatic heterocycles. The van der Waals surface area contributed by atoms with E-state index in [4.69, 9.17) is 21.1 Å². The molecule has 1 atom stereocenters. The number of esters is 1. The lowest BCUT2D eigenvalue weighted by atomic mass is 10.0. The molecule has 1 aromatic carbocycles. The largest absolute Gasteiger partial charge is 0.477 e. The highest BCUT2D eigenvalue weighted by molar-refractivity contribution is 6.32. The van der Waals surface area contributed by atoms with Crippen LogP contribution in [0.1, 0.15) is 32.0 Å². The van der Waals surface area contributed by atoms with Crippen LogP contribution in [0.25, 0.3) is 5.69 Å². The van der Waals surface area contributed by atoms with Gasteiger partial charge in [0.15, 0.2) is 6.10 Å². The molecule has 2 rings (SSSR count). The summed E-state index contributed by atoms with van der Waals surface area (Å²) in [5.41, 5.74) is -4.75. The van der Waals surface area contributed by atoms with Crippen molar-refractivity contribution in [1.29, 1.82) is 0 Å². The molecule has 0 saturated carbocycles. The number of halogens is 5. The van der Waals surface area contributed by atoms with Gasteiger partial charge < -0.3 is 9.47 Å². The van der Waals surface area contributed by atoms with E-state index in [1.54, 1.807) is 13.8 Å². The summed E-state index contributed by atoms with van der Waals surface area (Å²) in [7, 11) is 0.799. The number of alkyl halides is 3. The quantitative estimate of drug-likeness (QED) is 0.334. The Morgan fingerprint density at radius 3 is 2.39 bits per heavy atom. The summed E-state index contributed by atoms with van der Waals surface area (Å²) in [5.74, 6) is -2.17. The van der Waals surface area contributed by atoms with E-state index in [0.717, 1.165) is 13.1 Å². The number of benzene rings is 1.